The van der Waals surface area contributed by atoms with E-state index in [1.807, 2.05) is 6.07 Å². The molecule has 3 aromatic carbocycles. The molecule has 0 bridgehead atoms. The predicted molar refractivity (Wildman–Crippen MR) is 125 cm³/mol. The zero-order valence-electron chi connectivity index (χ0n) is 18.2. The number of ether oxygens (including phenoxy) is 1. The number of nitrogens with one attached hydrogen (secondary N) is 1. The fourth-order valence-corrected chi connectivity index (χ4v) is 4.99. The molecular weight excluding hydrogens is 467 g/mol. The van der Waals surface area contributed by atoms with Gasteiger partial charge in [0.15, 0.2) is 0 Å². The molecule has 0 saturated heterocycles. The fraction of sp³-hybridized carbons (Fsp3) is 0.208. The van der Waals surface area contributed by atoms with Gasteiger partial charge in [0.2, 0.25) is 15.9 Å². The van der Waals surface area contributed by atoms with Gasteiger partial charge in [0.1, 0.15) is 11.6 Å². The van der Waals surface area contributed by atoms with Gasteiger partial charge in [0.25, 0.3) is 0 Å². The molecule has 0 aliphatic rings. The molecule has 0 spiro atoms. The van der Waals surface area contributed by atoms with Gasteiger partial charge >= 0.3 is 0 Å². The van der Waals surface area contributed by atoms with Gasteiger partial charge in [0.05, 0.1) is 29.6 Å². The van der Waals surface area contributed by atoms with Crippen molar-refractivity contribution >= 4 is 27.5 Å². The van der Waals surface area contributed by atoms with Gasteiger partial charge in [-0.25, -0.2) is 12.8 Å². The molecule has 1 unspecified atom stereocenters. The largest absolute Gasteiger partial charge is 0.495 e. The first-order valence-electron chi connectivity index (χ1n) is 10.1. The van der Waals surface area contributed by atoms with E-state index in [2.05, 4.69) is 5.32 Å². The van der Waals surface area contributed by atoms with Gasteiger partial charge in [-0.1, -0.05) is 54.1 Å². The highest BCUT2D eigenvalue weighted by atomic mass is 35.5. The minimum atomic E-state index is -4.06. The van der Waals surface area contributed by atoms with Crippen LogP contribution >= 0.6 is 11.6 Å². The lowest BCUT2D eigenvalue weighted by molar-refractivity contribution is -0.122. The number of sulfonamides is 1. The molecule has 0 heterocycles. The average Bonchev–Trinajstić information content (AvgIpc) is 2.79. The van der Waals surface area contributed by atoms with Gasteiger partial charge in [-0.2, -0.15) is 4.31 Å². The van der Waals surface area contributed by atoms with E-state index in [0.29, 0.717) is 11.3 Å². The first-order chi connectivity index (χ1) is 15.7. The summed E-state index contributed by atoms with van der Waals surface area (Å²) in [4.78, 5) is 12.8. The Hall–Kier alpha value is -2.94. The Bertz CT molecular complexity index is 1200. The van der Waals surface area contributed by atoms with E-state index < -0.39 is 28.5 Å². The fourth-order valence-electron chi connectivity index (χ4n) is 3.25. The van der Waals surface area contributed by atoms with Crippen LogP contribution < -0.4 is 10.1 Å². The maximum atomic E-state index is 13.4. The quantitative estimate of drug-likeness (QED) is 0.477. The van der Waals surface area contributed by atoms with Gasteiger partial charge < -0.3 is 10.1 Å². The summed E-state index contributed by atoms with van der Waals surface area (Å²) in [6, 6.07) is 18.4. The number of amides is 1. The van der Waals surface area contributed by atoms with E-state index in [-0.39, 0.29) is 22.3 Å². The summed E-state index contributed by atoms with van der Waals surface area (Å²) in [7, 11) is -2.63. The van der Waals surface area contributed by atoms with E-state index in [9.17, 15) is 17.6 Å². The van der Waals surface area contributed by atoms with Gasteiger partial charge in [-0.3, -0.25) is 4.79 Å². The molecule has 9 heteroatoms. The number of halogens is 2. The highest BCUT2D eigenvalue weighted by Gasteiger charge is 2.28. The van der Waals surface area contributed by atoms with Crippen LogP contribution in [0.15, 0.2) is 77.7 Å². The third-order valence-electron chi connectivity index (χ3n) is 5.03. The molecule has 0 aromatic heterocycles. The monoisotopic (exact) mass is 490 g/mol. The Morgan fingerprint density at radius 1 is 1.09 bits per heavy atom. The van der Waals surface area contributed by atoms with Crippen LogP contribution in [0.1, 0.15) is 24.1 Å². The second-order valence-corrected chi connectivity index (χ2v) is 9.74. The molecule has 0 aliphatic carbocycles. The normalized spacial score (nSPS) is 12.4. The Kier molecular flexibility index (Phi) is 8.07. The topological polar surface area (TPSA) is 75.7 Å². The van der Waals surface area contributed by atoms with Crippen LogP contribution in [-0.2, 0) is 21.4 Å². The van der Waals surface area contributed by atoms with Gasteiger partial charge in [-0.05, 0) is 48.4 Å². The zero-order chi connectivity index (χ0) is 24.0. The lowest BCUT2D eigenvalue weighted by atomic mass is 10.1. The summed E-state index contributed by atoms with van der Waals surface area (Å²) in [5, 5.41) is 2.92. The molecule has 0 fully saturated rings. The van der Waals surface area contributed by atoms with Crippen LogP contribution in [0.4, 0.5) is 4.39 Å². The molecule has 33 heavy (non-hydrogen) atoms. The highest BCUT2D eigenvalue weighted by Crippen LogP contribution is 2.29. The van der Waals surface area contributed by atoms with Crippen LogP contribution in [0.3, 0.4) is 0 Å². The maximum Gasteiger partial charge on any atom is 0.243 e. The Balaban J connectivity index is 1.85. The highest BCUT2D eigenvalue weighted by molar-refractivity contribution is 7.89. The zero-order valence-corrected chi connectivity index (χ0v) is 19.7. The Labute approximate surface area is 198 Å². The lowest BCUT2D eigenvalue weighted by Gasteiger charge is -2.23. The number of carbonyl (C=O) groups excluding carboxylic acids is 1. The minimum absolute atomic E-state index is 0.00876. The van der Waals surface area contributed by atoms with Crippen LogP contribution in [0.5, 0.6) is 5.75 Å². The third-order valence-corrected chi connectivity index (χ3v) is 7.11. The lowest BCUT2D eigenvalue weighted by Crippen LogP contribution is -2.41. The summed E-state index contributed by atoms with van der Waals surface area (Å²) in [6.45, 7) is 1.32. The second-order valence-electron chi connectivity index (χ2n) is 7.40. The van der Waals surface area contributed by atoms with Crippen LogP contribution in [0, 0.1) is 5.82 Å². The van der Waals surface area contributed by atoms with Gasteiger partial charge in [-0.15, -0.1) is 0 Å². The van der Waals surface area contributed by atoms with E-state index in [1.54, 1.807) is 43.3 Å². The van der Waals surface area contributed by atoms with E-state index >= 15 is 0 Å². The number of methoxy groups -OCH3 is 1. The first kappa shape index (κ1) is 24.7. The van der Waals surface area contributed by atoms with Gasteiger partial charge in [0, 0.05) is 6.54 Å². The summed E-state index contributed by atoms with van der Waals surface area (Å²) >= 11 is 6.14. The molecule has 0 aliphatic heterocycles. The van der Waals surface area contributed by atoms with Crippen molar-refractivity contribution in [1.82, 2.24) is 9.62 Å². The van der Waals surface area contributed by atoms with Crippen LogP contribution in [-0.4, -0.2) is 32.3 Å². The molecule has 1 N–H and O–H groups in total. The van der Waals surface area contributed by atoms with E-state index in [4.69, 9.17) is 16.3 Å². The van der Waals surface area contributed by atoms with Crippen molar-refractivity contribution in [2.45, 2.75) is 24.4 Å². The van der Waals surface area contributed by atoms with Crippen molar-refractivity contribution in [3.05, 3.63) is 94.8 Å². The molecule has 174 valence electrons. The number of carbonyl (C=O) groups is 1. The van der Waals surface area contributed by atoms with E-state index in [1.165, 1.54) is 37.4 Å². The van der Waals surface area contributed by atoms with Crippen LogP contribution in [0.2, 0.25) is 5.02 Å². The predicted octanol–water partition coefficient (Wildman–Crippen LogP) is 4.56. The van der Waals surface area contributed by atoms with Crippen molar-refractivity contribution < 1.29 is 22.3 Å². The molecular formula is C24H24ClFN2O4S. The second kappa shape index (κ2) is 10.8. The van der Waals surface area contributed by atoms with Crippen molar-refractivity contribution in [1.29, 1.82) is 0 Å². The maximum absolute atomic E-state index is 13.4. The average molecular weight is 491 g/mol. The summed E-state index contributed by atoms with van der Waals surface area (Å²) < 4.78 is 46.2. The number of benzene rings is 3. The molecule has 1 amide bonds. The minimum Gasteiger partial charge on any atom is -0.495 e. The Morgan fingerprint density at radius 2 is 1.76 bits per heavy atom. The number of nitrogens with zero attached hydrogens (tertiary/aromatic N) is 1. The standard InChI is InChI=1S/C24H24ClFN2O4S/c1-17(19-8-10-20(26)11-9-19)27-24(29)16-28(15-18-6-4-3-5-7-18)33(30,31)21-12-13-23(32-2)22(25)14-21/h3-14,17H,15-16H2,1-2H3,(H,27,29). The Morgan fingerprint density at radius 3 is 2.36 bits per heavy atom. The summed E-state index contributed by atoms with van der Waals surface area (Å²) in [5.74, 6) is -0.530. The molecule has 3 aromatic rings. The first-order valence-corrected chi connectivity index (χ1v) is 11.9. The number of hydrogen-bond donors (Lipinski definition) is 1. The van der Waals surface area contributed by atoms with Crippen LogP contribution in [0.25, 0.3) is 0 Å². The summed E-state index contributed by atoms with van der Waals surface area (Å²) in [5.41, 5.74) is 1.42. The molecule has 0 saturated carbocycles. The molecule has 0 radical (unpaired) electrons. The third kappa shape index (κ3) is 6.31. The number of hydrogen-bond acceptors (Lipinski definition) is 4. The molecule has 6 nitrogen and oxygen atoms in total. The molecule has 3 rings (SSSR count). The molecule has 1 atom stereocenters. The van der Waals surface area contributed by atoms with E-state index in [0.717, 1.165) is 9.87 Å². The van der Waals surface area contributed by atoms with Crippen molar-refractivity contribution in [2.24, 2.45) is 0 Å². The smallest absolute Gasteiger partial charge is 0.243 e. The number of rotatable bonds is 9. The van der Waals surface area contributed by atoms with Crippen molar-refractivity contribution in [3.63, 3.8) is 0 Å². The van der Waals surface area contributed by atoms with Crippen molar-refractivity contribution in [3.8, 4) is 5.75 Å². The SMILES string of the molecule is COc1ccc(S(=O)(=O)N(CC(=O)NC(C)c2ccc(F)cc2)Cc2ccccc2)cc1Cl. The van der Waals surface area contributed by atoms with Crippen molar-refractivity contribution in [2.75, 3.05) is 13.7 Å². The summed E-state index contributed by atoms with van der Waals surface area (Å²) in [6.07, 6.45) is 0.